The smallest absolute Gasteiger partial charge is 0.165 e. The van der Waals surface area contributed by atoms with Crippen molar-refractivity contribution in [1.29, 1.82) is 0 Å². The van der Waals surface area contributed by atoms with Gasteiger partial charge in [-0.2, -0.15) is 0 Å². The van der Waals surface area contributed by atoms with E-state index >= 15 is 0 Å². The summed E-state index contributed by atoms with van der Waals surface area (Å²) >= 11 is 6.37. The molecule has 170 valence electrons. The summed E-state index contributed by atoms with van der Waals surface area (Å²) in [6, 6.07) is 15.9. The molecule has 3 aromatic heterocycles. The summed E-state index contributed by atoms with van der Waals surface area (Å²) in [5, 5.41) is 6.05. The Hall–Kier alpha value is -3.97. The summed E-state index contributed by atoms with van der Waals surface area (Å²) < 4.78 is 7.24. The minimum atomic E-state index is 0.646. The van der Waals surface area contributed by atoms with E-state index in [1.165, 1.54) is 0 Å². The Morgan fingerprint density at radius 2 is 1.97 bits per heavy atom. The highest BCUT2D eigenvalue weighted by molar-refractivity contribution is 6.36. The molecule has 0 atom stereocenters. The van der Waals surface area contributed by atoms with Gasteiger partial charge in [0.2, 0.25) is 0 Å². The molecule has 5 rings (SSSR count). The van der Waals surface area contributed by atoms with Crippen LogP contribution in [0.15, 0.2) is 67.8 Å². The molecule has 0 spiro atoms. The molecule has 0 amide bonds. The molecule has 0 fully saturated rings. The van der Waals surface area contributed by atoms with E-state index in [9.17, 15) is 0 Å². The standard InChI is InChI=1S/C26H23ClN6O/c1-3-22-23-18(5-4-6-21(23)27)13-19(32-22)11-12-28-25-24-26(30-15-29-25)33(16-31-24)14-17-7-9-20(34-2)10-8-17/h3-10,13,15-16H,1,11-12,14H2,2H3,(H,28,29,30). The molecule has 0 saturated heterocycles. The Balaban J connectivity index is 1.32. The molecule has 5 aromatic rings. The first-order valence-corrected chi connectivity index (χ1v) is 11.3. The van der Waals surface area contributed by atoms with Crippen molar-refractivity contribution >= 4 is 45.4 Å². The highest BCUT2D eigenvalue weighted by atomic mass is 35.5. The van der Waals surface area contributed by atoms with Gasteiger partial charge in [0.1, 0.15) is 17.6 Å². The van der Waals surface area contributed by atoms with E-state index in [1.807, 2.05) is 47.0 Å². The van der Waals surface area contributed by atoms with Gasteiger partial charge in [0.05, 0.1) is 30.7 Å². The number of hydrogen-bond donors (Lipinski definition) is 1. The summed E-state index contributed by atoms with van der Waals surface area (Å²) in [6.07, 6.45) is 5.80. The van der Waals surface area contributed by atoms with Gasteiger partial charge in [-0.15, -0.1) is 0 Å². The molecule has 1 N–H and O–H groups in total. The lowest BCUT2D eigenvalue weighted by molar-refractivity contribution is 0.414. The Morgan fingerprint density at radius 3 is 2.76 bits per heavy atom. The van der Waals surface area contributed by atoms with Crippen LogP contribution in [0.25, 0.3) is 28.0 Å². The number of hydrogen-bond acceptors (Lipinski definition) is 6. The van der Waals surface area contributed by atoms with Crippen molar-refractivity contribution in [2.24, 2.45) is 0 Å². The lowest BCUT2D eigenvalue weighted by Crippen LogP contribution is -2.09. The number of nitrogens with zero attached hydrogens (tertiary/aromatic N) is 5. The molecule has 0 bridgehead atoms. The number of anilines is 1. The largest absolute Gasteiger partial charge is 0.497 e. The number of imidazole rings is 1. The monoisotopic (exact) mass is 470 g/mol. The first-order chi connectivity index (χ1) is 16.7. The van der Waals surface area contributed by atoms with Crippen LogP contribution in [0.1, 0.15) is 17.0 Å². The zero-order valence-corrected chi connectivity index (χ0v) is 19.5. The normalized spacial score (nSPS) is 11.1. The molecule has 34 heavy (non-hydrogen) atoms. The van der Waals surface area contributed by atoms with Crippen molar-refractivity contribution in [3.8, 4) is 5.75 Å². The van der Waals surface area contributed by atoms with Crippen molar-refractivity contribution in [3.63, 3.8) is 0 Å². The Labute approximate surface area is 202 Å². The van der Waals surface area contributed by atoms with Gasteiger partial charge in [0.25, 0.3) is 0 Å². The zero-order valence-electron chi connectivity index (χ0n) is 18.7. The Kier molecular flexibility index (Phi) is 6.10. The topological polar surface area (TPSA) is 77.8 Å². The minimum absolute atomic E-state index is 0.646. The van der Waals surface area contributed by atoms with Crippen molar-refractivity contribution < 1.29 is 4.74 Å². The van der Waals surface area contributed by atoms with Crippen LogP contribution in [0.5, 0.6) is 5.75 Å². The molecule has 0 aliphatic rings. The fourth-order valence-electron chi connectivity index (χ4n) is 3.99. The summed E-state index contributed by atoms with van der Waals surface area (Å²) in [5.74, 6) is 1.53. The van der Waals surface area contributed by atoms with Crippen molar-refractivity contribution in [1.82, 2.24) is 24.5 Å². The molecule has 2 aromatic carbocycles. The van der Waals surface area contributed by atoms with Crippen LogP contribution in [0.3, 0.4) is 0 Å². The van der Waals surface area contributed by atoms with Crippen molar-refractivity contribution in [3.05, 3.63) is 89.7 Å². The number of halogens is 1. The van der Waals surface area contributed by atoms with Gasteiger partial charge in [-0.1, -0.05) is 42.4 Å². The average molecular weight is 471 g/mol. The third kappa shape index (κ3) is 4.30. The van der Waals surface area contributed by atoms with Crippen LogP contribution >= 0.6 is 11.6 Å². The maximum atomic E-state index is 6.37. The maximum absolute atomic E-state index is 6.37. The summed E-state index contributed by atoms with van der Waals surface area (Å²) in [7, 11) is 1.66. The number of benzene rings is 2. The number of rotatable bonds is 8. The second-order valence-electron chi connectivity index (χ2n) is 7.83. The highest BCUT2D eigenvalue weighted by Gasteiger charge is 2.11. The predicted molar refractivity (Wildman–Crippen MR) is 136 cm³/mol. The summed E-state index contributed by atoms with van der Waals surface area (Å²) in [5.41, 5.74) is 4.39. The van der Waals surface area contributed by atoms with Gasteiger partial charge < -0.3 is 14.6 Å². The lowest BCUT2D eigenvalue weighted by atomic mass is 10.1. The zero-order chi connectivity index (χ0) is 23.5. The highest BCUT2D eigenvalue weighted by Crippen LogP contribution is 2.27. The van der Waals surface area contributed by atoms with Crippen molar-refractivity contribution in [2.75, 3.05) is 19.0 Å². The van der Waals surface area contributed by atoms with Gasteiger partial charge in [-0.05, 0) is 41.3 Å². The number of nitrogens with one attached hydrogen (secondary N) is 1. The second kappa shape index (κ2) is 9.49. The van der Waals surface area contributed by atoms with Gasteiger partial charge in [0, 0.05) is 24.0 Å². The fraction of sp³-hybridized carbons (Fsp3) is 0.154. The number of pyridine rings is 1. The van der Waals surface area contributed by atoms with Crippen LogP contribution in [0.4, 0.5) is 5.82 Å². The molecule has 7 nitrogen and oxygen atoms in total. The van der Waals surface area contributed by atoms with Gasteiger partial charge in [-0.25, -0.2) is 15.0 Å². The molecule has 0 radical (unpaired) electrons. The van der Waals surface area contributed by atoms with Gasteiger partial charge in [0.15, 0.2) is 11.5 Å². The lowest BCUT2D eigenvalue weighted by Gasteiger charge is -2.10. The summed E-state index contributed by atoms with van der Waals surface area (Å²) in [6.45, 7) is 5.20. The fourth-order valence-corrected chi connectivity index (χ4v) is 4.27. The first kappa shape index (κ1) is 21.9. The molecule has 0 aliphatic carbocycles. The minimum Gasteiger partial charge on any atom is -0.497 e. The number of aromatic nitrogens is 5. The van der Waals surface area contributed by atoms with Crippen LogP contribution in [-0.4, -0.2) is 38.2 Å². The maximum Gasteiger partial charge on any atom is 0.165 e. The van der Waals surface area contributed by atoms with E-state index in [0.717, 1.165) is 44.6 Å². The SMILES string of the molecule is C=Cc1nc(CCNc2ncnc3c2ncn3Cc2ccc(OC)cc2)cc2cccc(Cl)c12. The molecular weight excluding hydrogens is 448 g/mol. The second-order valence-corrected chi connectivity index (χ2v) is 8.24. The van der Waals surface area contributed by atoms with E-state index in [1.54, 1.807) is 25.8 Å². The third-order valence-electron chi connectivity index (χ3n) is 5.67. The van der Waals surface area contributed by atoms with Crippen LogP contribution in [-0.2, 0) is 13.0 Å². The van der Waals surface area contributed by atoms with Gasteiger partial charge >= 0.3 is 0 Å². The van der Waals surface area contributed by atoms with Crippen molar-refractivity contribution in [2.45, 2.75) is 13.0 Å². The summed E-state index contributed by atoms with van der Waals surface area (Å²) in [4.78, 5) is 18.2. The molecule has 8 heteroatoms. The van der Waals surface area contributed by atoms with E-state index in [4.69, 9.17) is 21.3 Å². The quantitative estimate of drug-likeness (QED) is 0.328. The number of methoxy groups -OCH3 is 1. The molecule has 3 heterocycles. The van der Waals surface area contributed by atoms with Crippen LogP contribution in [0, 0.1) is 0 Å². The Morgan fingerprint density at radius 1 is 1.12 bits per heavy atom. The Bertz CT molecular complexity index is 1480. The number of fused-ring (bicyclic) bond motifs is 2. The molecular formula is C26H23ClN6O. The molecule has 0 aliphatic heterocycles. The van der Waals surface area contributed by atoms with E-state index in [0.29, 0.717) is 30.4 Å². The predicted octanol–water partition coefficient (Wildman–Crippen LogP) is 5.38. The average Bonchev–Trinajstić information content (AvgIpc) is 3.27. The third-order valence-corrected chi connectivity index (χ3v) is 5.98. The molecule has 0 unspecified atom stereocenters. The van der Waals surface area contributed by atoms with E-state index in [2.05, 4.69) is 32.9 Å². The van der Waals surface area contributed by atoms with Gasteiger partial charge in [-0.3, -0.25) is 4.98 Å². The number of ether oxygens (including phenoxy) is 1. The molecule has 0 saturated carbocycles. The van der Waals surface area contributed by atoms with Crippen LogP contribution < -0.4 is 10.1 Å². The van der Waals surface area contributed by atoms with E-state index in [-0.39, 0.29) is 0 Å². The van der Waals surface area contributed by atoms with E-state index < -0.39 is 0 Å². The first-order valence-electron chi connectivity index (χ1n) is 10.9. The van der Waals surface area contributed by atoms with Crippen LogP contribution in [0.2, 0.25) is 5.02 Å².